The van der Waals surface area contributed by atoms with Crippen molar-refractivity contribution in [1.82, 2.24) is 9.97 Å². The van der Waals surface area contributed by atoms with Gasteiger partial charge in [-0.05, 0) is 31.3 Å². The molecule has 2 N–H and O–H groups in total. The number of thioether (sulfide) groups is 1. The zero-order chi connectivity index (χ0) is 14.6. The van der Waals surface area contributed by atoms with Crippen molar-refractivity contribution in [1.29, 1.82) is 0 Å². The maximum absolute atomic E-state index is 12.8. The number of alkyl halides is 3. The van der Waals surface area contributed by atoms with E-state index in [9.17, 15) is 13.2 Å². The standard InChI is InChI=1S/C12H17F3N4S/c1-2-16-11-18-9(12(13,14)15)7-10(19-11)17-8-3-5-20-6-4-8/h7-8H,2-6H2,1H3,(H2,16,17,18,19). The molecular weight excluding hydrogens is 289 g/mol. The Kier molecular flexibility index (Phi) is 4.95. The third-order valence-corrected chi connectivity index (χ3v) is 3.97. The average molecular weight is 306 g/mol. The Hall–Kier alpha value is -1.18. The second-order valence-electron chi connectivity index (χ2n) is 4.52. The Morgan fingerprint density at radius 2 is 2.00 bits per heavy atom. The molecule has 4 nitrogen and oxygen atoms in total. The summed E-state index contributed by atoms with van der Waals surface area (Å²) in [4.78, 5) is 7.59. The smallest absolute Gasteiger partial charge is 0.367 e. The molecule has 112 valence electrons. The molecule has 1 aromatic rings. The number of hydrogen-bond acceptors (Lipinski definition) is 5. The van der Waals surface area contributed by atoms with Gasteiger partial charge in [-0.15, -0.1) is 0 Å². The van der Waals surface area contributed by atoms with Gasteiger partial charge in [0.15, 0.2) is 5.69 Å². The molecule has 2 heterocycles. The Balaban J connectivity index is 2.19. The molecule has 20 heavy (non-hydrogen) atoms. The van der Waals surface area contributed by atoms with Crippen LogP contribution in [0.4, 0.5) is 24.9 Å². The first-order valence-corrected chi connectivity index (χ1v) is 7.69. The minimum Gasteiger partial charge on any atom is -0.367 e. The van der Waals surface area contributed by atoms with Gasteiger partial charge in [-0.2, -0.15) is 29.9 Å². The Morgan fingerprint density at radius 1 is 1.30 bits per heavy atom. The summed E-state index contributed by atoms with van der Waals surface area (Å²) in [6.45, 7) is 2.26. The monoisotopic (exact) mass is 306 g/mol. The van der Waals surface area contributed by atoms with Crippen LogP contribution in [-0.4, -0.2) is 34.1 Å². The lowest BCUT2D eigenvalue weighted by molar-refractivity contribution is -0.141. The van der Waals surface area contributed by atoms with Gasteiger partial charge in [-0.3, -0.25) is 0 Å². The topological polar surface area (TPSA) is 49.8 Å². The van der Waals surface area contributed by atoms with Crippen LogP contribution in [0.15, 0.2) is 6.07 Å². The lowest BCUT2D eigenvalue weighted by atomic mass is 10.1. The van der Waals surface area contributed by atoms with Crippen LogP contribution >= 0.6 is 11.8 Å². The second kappa shape index (κ2) is 6.51. The van der Waals surface area contributed by atoms with E-state index in [1.165, 1.54) is 0 Å². The number of nitrogens with one attached hydrogen (secondary N) is 2. The van der Waals surface area contributed by atoms with Crippen molar-refractivity contribution in [3.05, 3.63) is 11.8 Å². The average Bonchev–Trinajstić information content (AvgIpc) is 2.39. The predicted octanol–water partition coefficient (Wildman–Crippen LogP) is 3.23. The molecular formula is C12H17F3N4S. The summed E-state index contributed by atoms with van der Waals surface area (Å²) >= 11 is 1.86. The first-order valence-electron chi connectivity index (χ1n) is 6.53. The van der Waals surface area contributed by atoms with E-state index in [1.54, 1.807) is 6.92 Å². The van der Waals surface area contributed by atoms with E-state index in [1.807, 2.05) is 11.8 Å². The third-order valence-electron chi connectivity index (χ3n) is 2.92. The van der Waals surface area contributed by atoms with Crippen molar-refractivity contribution in [3.63, 3.8) is 0 Å². The molecule has 0 spiro atoms. The number of hydrogen-bond donors (Lipinski definition) is 2. The normalized spacial score (nSPS) is 17.0. The first kappa shape index (κ1) is 15.2. The Bertz CT molecular complexity index is 447. The van der Waals surface area contributed by atoms with Crippen LogP contribution in [0.3, 0.4) is 0 Å². The molecule has 0 aliphatic carbocycles. The van der Waals surface area contributed by atoms with E-state index in [-0.39, 0.29) is 17.8 Å². The molecule has 0 unspecified atom stereocenters. The van der Waals surface area contributed by atoms with Gasteiger partial charge in [0.25, 0.3) is 0 Å². The van der Waals surface area contributed by atoms with Crippen molar-refractivity contribution in [3.8, 4) is 0 Å². The molecule has 0 atom stereocenters. The highest BCUT2D eigenvalue weighted by atomic mass is 32.2. The van der Waals surface area contributed by atoms with Crippen molar-refractivity contribution in [2.75, 3.05) is 28.7 Å². The van der Waals surface area contributed by atoms with Crippen LogP contribution in [-0.2, 0) is 6.18 Å². The summed E-state index contributed by atoms with van der Waals surface area (Å²) in [6, 6.07) is 1.16. The number of nitrogens with zero attached hydrogens (tertiary/aromatic N) is 2. The summed E-state index contributed by atoms with van der Waals surface area (Å²) in [5.41, 5.74) is -0.920. The van der Waals surface area contributed by atoms with Gasteiger partial charge in [0.05, 0.1) is 0 Å². The fourth-order valence-electron chi connectivity index (χ4n) is 1.95. The van der Waals surface area contributed by atoms with E-state index in [0.717, 1.165) is 30.4 Å². The van der Waals surface area contributed by atoms with Crippen LogP contribution < -0.4 is 10.6 Å². The van der Waals surface area contributed by atoms with Gasteiger partial charge in [0.1, 0.15) is 5.82 Å². The molecule has 8 heteroatoms. The van der Waals surface area contributed by atoms with Crippen molar-refractivity contribution in [2.45, 2.75) is 32.0 Å². The highest BCUT2D eigenvalue weighted by Crippen LogP contribution is 2.30. The number of aromatic nitrogens is 2. The molecule has 0 radical (unpaired) electrons. The molecule has 0 amide bonds. The zero-order valence-electron chi connectivity index (χ0n) is 11.1. The molecule has 2 rings (SSSR count). The number of halogens is 3. The quantitative estimate of drug-likeness (QED) is 0.894. The lowest BCUT2D eigenvalue weighted by Gasteiger charge is -2.23. The predicted molar refractivity (Wildman–Crippen MR) is 75.2 cm³/mol. The van der Waals surface area contributed by atoms with E-state index >= 15 is 0 Å². The van der Waals surface area contributed by atoms with Crippen LogP contribution in [0.1, 0.15) is 25.5 Å². The summed E-state index contributed by atoms with van der Waals surface area (Å²) in [7, 11) is 0. The second-order valence-corrected chi connectivity index (χ2v) is 5.75. The molecule has 1 aliphatic heterocycles. The van der Waals surface area contributed by atoms with Crippen LogP contribution in [0.5, 0.6) is 0 Å². The summed E-state index contributed by atoms with van der Waals surface area (Å²) in [6.07, 6.45) is -2.59. The van der Waals surface area contributed by atoms with Gasteiger partial charge in [-0.25, -0.2) is 4.98 Å². The highest BCUT2D eigenvalue weighted by molar-refractivity contribution is 7.99. The first-order chi connectivity index (χ1) is 9.49. The SMILES string of the molecule is CCNc1nc(NC2CCSCC2)cc(C(F)(F)F)n1. The minimum absolute atomic E-state index is 0.00927. The third kappa shape index (κ3) is 4.16. The van der Waals surface area contributed by atoms with Crippen molar-refractivity contribution < 1.29 is 13.2 Å². The molecule has 1 saturated heterocycles. The van der Waals surface area contributed by atoms with E-state index < -0.39 is 11.9 Å². The van der Waals surface area contributed by atoms with Gasteiger partial charge in [-0.1, -0.05) is 0 Å². The Labute approximate surface area is 120 Å². The van der Waals surface area contributed by atoms with Gasteiger partial charge in [0.2, 0.25) is 5.95 Å². The fourth-order valence-corrected chi connectivity index (χ4v) is 3.06. The summed E-state index contributed by atoms with van der Waals surface area (Å²) in [5, 5.41) is 5.82. The Morgan fingerprint density at radius 3 is 2.60 bits per heavy atom. The molecule has 1 fully saturated rings. The van der Waals surface area contributed by atoms with E-state index in [4.69, 9.17) is 0 Å². The van der Waals surface area contributed by atoms with Gasteiger partial charge >= 0.3 is 6.18 Å². The van der Waals surface area contributed by atoms with Gasteiger partial charge in [0, 0.05) is 18.7 Å². The number of anilines is 2. The summed E-state index contributed by atoms with van der Waals surface area (Å²) in [5.74, 6) is 2.29. The minimum atomic E-state index is -4.47. The van der Waals surface area contributed by atoms with Crippen LogP contribution in [0.25, 0.3) is 0 Å². The van der Waals surface area contributed by atoms with Crippen LogP contribution in [0.2, 0.25) is 0 Å². The van der Waals surface area contributed by atoms with E-state index in [2.05, 4.69) is 20.6 Å². The molecule has 1 aromatic heterocycles. The largest absolute Gasteiger partial charge is 0.433 e. The maximum atomic E-state index is 12.8. The van der Waals surface area contributed by atoms with Crippen LogP contribution in [0, 0.1) is 0 Å². The van der Waals surface area contributed by atoms with E-state index in [0.29, 0.717) is 6.54 Å². The summed E-state index contributed by atoms with van der Waals surface area (Å²) < 4.78 is 38.5. The van der Waals surface area contributed by atoms with Crippen molar-refractivity contribution in [2.24, 2.45) is 0 Å². The maximum Gasteiger partial charge on any atom is 0.433 e. The van der Waals surface area contributed by atoms with Crippen molar-refractivity contribution >= 4 is 23.5 Å². The lowest BCUT2D eigenvalue weighted by Crippen LogP contribution is -2.25. The molecule has 0 bridgehead atoms. The zero-order valence-corrected chi connectivity index (χ0v) is 11.9. The molecule has 0 aromatic carbocycles. The molecule has 1 aliphatic rings. The van der Waals surface area contributed by atoms with Gasteiger partial charge < -0.3 is 10.6 Å². The fraction of sp³-hybridized carbons (Fsp3) is 0.667. The molecule has 0 saturated carbocycles. The highest BCUT2D eigenvalue weighted by Gasteiger charge is 2.34. The number of rotatable bonds is 4.